The molecular formula is C9H7F3O4S. The first-order valence-electron chi connectivity index (χ1n) is 4.20. The first-order chi connectivity index (χ1) is 7.70. The first-order valence-corrected chi connectivity index (χ1v) is 4.65. The van der Waals surface area contributed by atoms with Crippen LogP contribution in [0.25, 0.3) is 0 Å². The number of halogens is 3. The fraction of sp³-hybridized carbons (Fsp3) is 0.222. The summed E-state index contributed by atoms with van der Waals surface area (Å²) >= 11 is 3.83. The van der Waals surface area contributed by atoms with Crippen molar-refractivity contribution in [3.05, 3.63) is 23.8 Å². The Morgan fingerprint density at radius 3 is 2.47 bits per heavy atom. The molecule has 4 nitrogen and oxygen atoms in total. The third kappa shape index (κ3) is 3.82. The number of aliphatic carboxylic acids is 1. The maximum Gasteiger partial charge on any atom is 0.573 e. The van der Waals surface area contributed by atoms with Gasteiger partial charge in [0.25, 0.3) is 0 Å². The minimum atomic E-state index is -4.97. The van der Waals surface area contributed by atoms with E-state index in [1.165, 1.54) is 6.07 Å². The Morgan fingerprint density at radius 2 is 2.00 bits per heavy atom. The summed E-state index contributed by atoms with van der Waals surface area (Å²) in [7, 11) is 0. The lowest BCUT2D eigenvalue weighted by molar-refractivity contribution is -0.275. The molecule has 0 radical (unpaired) electrons. The SMILES string of the molecule is O=C(O)C(O)c1cc(S)ccc1OC(F)(F)F. The molecule has 1 aromatic rings. The summed E-state index contributed by atoms with van der Waals surface area (Å²) in [5.41, 5.74) is -0.512. The first kappa shape index (κ1) is 13.7. The highest BCUT2D eigenvalue weighted by atomic mass is 32.1. The smallest absolute Gasteiger partial charge is 0.479 e. The van der Waals surface area contributed by atoms with Crippen LogP contribution < -0.4 is 4.74 Å². The minimum absolute atomic E-state index is 0.204. The summed E-state index contributed by atoms with van der Waals surface area (Å²) < 4.78 is 39.6. The summed E-state index contributed by atoms with van der Waals surface area (Å²) in [6, 6.07) is 3.06. The molecule has 0 saturated heterocycles. The number of carbonyl (C=O) groups is 1. The molecule has 0 amide bonds. The number of thiol groups is 1. The summed E-state index contributed by atoms with van der Waals surface area (Å²) in [6.07, 6.45) is -7.08. The molecule has 0 aliphatic heterocycles. The molecule has 0 aliphatic rings. The number of hydrogen-bond acceptors (Lipinski definition) is 4. The van der Waals surface area contributed by atoms with Gasteiger partial charge in [0, 0.05) is 10.5 Å². The number of rotatable bonds is 3. The van der Waals surface area contributed by atoms with Crippen molar-refractivity contribution in [2.75, 3.05) is 0 Å². The summed E-state index contributed by atoms with van der Waals surface area (Å²) in [5.74, 6) is -2.46. The van der Waals surface area contributed by atoms with E-state index < -0.39 is 29.7 Å². The van der Waals surface area contributed by atoms with Gasteiger partial charge in [-0.1, -0.05) is 0 Å². The highest BCUT2D eigenvalue weighted by Gasteiger charge is 2.33. The van der Waals surface area contributed by atoms with Crippen LogP contribution in [-0.4, -0.2) is 22.5 Å². The Kier molecular flexibility index (Phi) is 3.89. The number of ether oxygens (including phenoxy) is 1. The van der Waals surface area contributed by atoms with Gasteiger partial charge in [-0.25, -0.2) is 4.79 Å². The van der Waals surface area contributed by atoms with Gasteiger partial charge in [0.15, 0.2) is 6.10 Å². The van der Waals surface area contributed by atoms with Crippen molar-refractivity contribution in [2.45, 2.75) is 17.4 Å². The predicted octanol–water partition coefficient (Wildman–Crippen LogP) is 1.99. The number of hydrogen-bond donors (Lipinski definition) is 3. The van der Waals surface area contributed by atoms with Crippen LogP contribution in [0.1, 0.15) is 11.7 Å². The number of benzene rings is 1. The summed E-state index contributed by atoms with van der Waals surface area (Å²) in [4.78, 5) is 10.7. The minimum Gasteiger partial charge on any atom is -0.479 e. The predicted molar refractivity (Wildman–Crippen MR) is 53.0 cm³/mol. The lowest BCUT2D eigenvalue weighted by Gasteiger charge is -2.15. The van der Waals surface area contributed by atoms with Crippen LogP contribution >= 0.6 is 12.6 Å². The average molecular weight is 268 g/mol. The number of aliphatic hydroxyl groups is 1. The van der Waals surface area contributed by atoms with Gasteiger partial charge in [0.1, 0.15) is 5.75 Å². The van der Waals surface area contributed by atoms with E-state index in [0.717, 1.165) is 12.1 Å². The average Bonchev–Trinajstić information content (AvgIpc) is 2.17. The van der Waals surface area contributed by atoms with Crippen molar-refractivity contribution in [1.29, 1.82) is 0 Å². The molecule has 94 valence electrons. The molecule has 2 N–H and O–H groups in total. The van der Waals surface area contributed by atoms with Crippen molar-refractivity contribution in [1.82, 2.24) is 0 Å². The van der Waals surface area contributed by atoms with Gasteiger partial charge in [-0.2, -0.15) is 0 Å². The molecule has 0 spiro atoms. The van der Waals surface area contributed by atoms with E-state index in [-0.39, 0.29) is 4.90 Å². The van der Waals surface area contributed by atoms with Crippen LogP contribution in [0.4, 0.5) is 13.2 Å². The second kappa shape index (κ2) is 4.84. The monoisotopic (exact) mass is 268 g/mol. The zero-order chi connectivity index (χ0) is 13.2. The lowest BCUT2D eigenvalue weighted by atomic mass is 10.1. The molecule has 1 unspecified atom stereocenters. The highest BCUT2D eigenvalue weighted by molar-refractivity contribution is 7.80. The highest BCUT2D eigenvalue weighted by Crippen LogP contribution is 2.32. The van der Waals surface area contributed by atoms with Crippen LogP contribution in [0.15, 0.2) is 23.1 Å². The van der Waals surface area contributed by atoms with Crippen molar-refractivity contribution in [3.63, 3.8) is 0 Å². The van der Waals surface area contributed by atoms with E-state index in [4.69, 9.17) is 5.11 Å². The number of alkyl halides is 3. The standard InChI is InChI=1S/C9H7F3O4S/c10-9(11,12)16-6-2-1-4(17)3-5(6)7(13)8(14)15/h1-3,7,13,17H,(H,14,15). The maximum atomic E-state index is 12.0. The van der Waals surface area contributed by atoms with E-state index in [2.05, 4.69) is 17.4 Å². The van der Waals surface area contributed by atoms with Crippen molar-refractivity contribution in [3.8, 4) is 5.75 Å². The van der Waals surface area contributed by atoms with E-state index in [9.17, 15) is 23.1 Å². The second-order valence-electron chi connectivity index (χ2n) is 3.01. The molecule has 8 heteroatoms. The number of carboxylic acid groups (broad SMARTS) is 1. The normalized spacial score (nSPS) is 13.2. The molecular weight excluding hydrogens is 261 g/mol. The second-order valence-corrected chi connectivity index (χ2v) is 3.53. The third-order valence-corrected chi connectivity index (χ3v) is 2.03. The van der Waals surface area contributed by atoms with E-state index in [0.29, 0.717) is 0 Å². The van der Waals surface area contributed by atoms with Crippen LogP contribution in [0.3, 0.4) is 0 Å². The van der Waals surface area contributed by atoms with Crippen molar-refractivity contribution in [2.24, 2.45) is 0 Å². The Balaban J connectivity index is 3.17. The van der Waals surface area contributed by atoms with Gasteiger partial charge in [-0.15, -0.1) is 25.8 Å². The number of aliphatic hydroxyl groups excluding tert-OH is 1. The molecule has 0 aliphatic carbocycles. The van der Waals surface area contributed by atoms with Crippen LogP contribution in [0.2, 0.25) is 0 Å². The Morgan fingerprint density at radius 1 is 1.41 bits per heavy atom. The largest absolute Gasteiger partial charge is 0.573 e. The van der Waals surface area contributed by atoms with Gasteiger partial charge in [-0.05, 0) is 18.2 Å². The maximum absolute atomic E-state index is 12.0. The zero-order valence-corrected chi connectivity index (χ0v) is 9.00. The van der Waals surface area contributed by atoms with Gasteiger partial charge in [-0.3, -0.25) is 0 Å². The van der Waals surface area contributed by atoms with Crippen LogP contribution in [0, 0.1) is 0 Å². The molecule has 0 heterocycles. The van der Waals surface area contributed by atoms with Crippen LogP contribution in [0.5, 0.6) is 5.75 Å². The van der Waals surface area contributed by atoms with E-state index in [1.54, 1.807) is 0 Å². The van der Waals surface area contributed by atoms with E-state index >= 15 is 0 Å². The Bertz CT molecular complexity index is 433. The third-order valence-electron chi connectivity index (χ3n) is 1.75. The van der Waals surface area contributed by atoms with Crippen molar-refractivity contribution < 1.29 is 32.9 Å². The molecule has 1 rings (SSSR count). The molecule has 0 aromatic heterocycles. The Hall–Kier alpha value is -1.41. The van der Waals surface area contributed by atoms with Gasteiger partial charge >= 0.3 is 12.3 Å². The van der Waals surface area contributed by atoms with Gasteiger partial charge < -0.3 is 14.9 Å². The fourth-order valence-electron chi connectivity index (χ4n) is 1.10. The molecule has 0 bridgehead atoms. The fourth-order valence-corrected chi connectivity index (χ4v) is 1.31. The van der Waals surface area contributed by atoms with E-state index in [1.807, 2.05) is 0 Å². The quantitative estimate of drug-likeness (QED) is 0.733. The molecule has 0 fully saturated rings. The number of carboxylic acids is 1. The lowest BCUT2D eigenvalue weighted by Crippen LogP contribution is -2.20. The molecule has 0 saturated carbocycles. The summed E-state index contributed by atoms with van der Waals surface area (Å²) in [5, 5.41) is 17.8. The molecule has 17 heavy (non-hydrogen) atoms. The topological polar surface area (TPSA) is 66.8 Å². The van der Waals surface area contributed by atoms with Crippen LogP contribution in [-0.2, 0) is 4.79 Å². The van der Waals surface area contributed by atoms with Gasteiger partial charge in [0.05, 0.1) is 0 Å². The molecule has 1 aromatic carbocycles. The van der Waals surface area contributed by atoms with Gasteiger partial charge in [0.2, 0.25) is 0 Å². The summed E-state index contributed by atoms with van der Waals surface area (Å²) in [6.45, 7) is 0. The Labute approximate surface area is 99.0 Å². The zero-order valence-electron chi connectivity index (χ0n) is 8.10. The molecule has 1 atom stereocenters. The van der Waals surface area contributed by atoms with Crippen molar-refractivity contribution >= 4 is 18.6 Å².